The second-order valence-corrected chi connectivity index (χ2v) is 10.5. The number of halogens is 2. The van der Waals surface area contributed by atoms with Gasteiger partial charge in [0.2, 0.25) is 9.84 Å². The van der Waals surface area contributed by atoms with Crippen LogP contribution in [0.3, 0.4) is 0 Å². The lowest BCUT2D eigenvalue weighted by Crippen LogP contribution is -2.27. The third kappa shape index (κ3) is 4.62. The Hall–Kier alpha value is -2.18. The molecule has 2 aromatic rings. The third-order valence-corrected chi connectivity index (χ3v) is 7.97. The Balaban J connectivity index is 2.60. The smallest absolute Gasteiger partial charge is 0.216 e. The first-order valence-electron chi connectivity index (χ1n) is 7.62. The number of hydrogen-bond donors (Lipinski definition) is 0. The summed E-state index contributed by atoms with van der Waals surface area (Å²) in [6, 6.07) is 11.5. The molecule has 28 heavy (non-hydrogen) atoms. The van der Waals surface area contributed by atoms with E-state index in [4.69, 9.17) is 23.2 Å². The van der Waals surface area contributed by atoms with Crippen LogP contribution in [0.5, 0.6) is 0 Å². The Morgan fingerprint density at radius 3 is 1.75 bits per heavy atom. The van der Waals surface area contributed by atoms with Crippen LogP contribution in [-0.4, -0.2) is 27.9 Å². The molecule has 0 radical (unpaired) electrons. The number of benzene rings is 2. The number of sulfone groups is 2. The highest BCUT2D eigenvalue weighted by molar-refractivity contribution is 7.96. The Labute approximate surface area is 172 Å². The first-order chi connectivity index (χ1) is 13.0. The van der Waals surface area contributed by atoms with Gasteiger partial charge in [-0.1, -0.05) is 23.2 Å². The Kier molecular flexibility index (Phi) is 6.67. The summed E-state index contributed by atoms with van der Waals surface area (Å²) in [4.78, 5) is 10.7. The van der Waals surface area contributed by atoms with Crippen LogP contribution in [0.1, 0.15) is 6.92 Å². The van der Waals surface area contributed by atoms with E-state index in [1.165, 1.54) is 54.6 Å². The Bertz CT molecular complexity index is 1180. The Morgan fingerprint density at radius 2 is 1.36 bits per heavy atom. The number of nitriles is 1. The minimum atomic E-state index is -4.34. The van der Waals surface area contributed by atoms with Gasteiger partial charge in [0.25, 0.3) is 0 Å². The van der Waals surface area contributed by atoms with Gasteiger partial charge in [-0.15, -0.1) is 0 Å². The number of carbonyl (C=O) groups excluding carboxylic acids is 1. The number of nitrogens with zero attached hydrogens (tertiary/aromatic N) is 1. The van der Waals surface area contributed by atoms with Crippen molar-refractivity contribution in [2.75, 3.05) is 0 Å². The van der Waals surface area contributed by atoms with Crippen LogP contribution in [0.4, 0.5) is 0 Å². The summed E-state index contributed by atoms with van der Waals surface area (Å²) in [6.07, 6.45) is 0.649. The molecule has 2 rings (SSSR count). The van der Waals surface area contributed by atoms with Crippen molar-refractivity contribution in [1.29, 1.82) is 5.26 Å². The molecule has 0 aromatic heterocycles. The third-order valence-electron chi connectivity index (χ3n) is 3.70. The van der Waals surface area contributed by atoms with Gasteiger partial charge in [0.1, 0.15) is 16.2 Å². The lowest BCUT2D eigenvalue weighted by molar-refractivity contribution is -0.115. The first kappa shape index (κ1) is 22.1. The van der Waals surface area contributed by atoms with E-state index in [0.717, 1.165) is 6.92 Å². The number of Topliss-reactive ketones (excluding diaryl/α,β-unsaturated/α-hetero) is 1. The summed E-state index contributed by atoms with van der Waals surface area (Å²) in [5.41, 5.74) is 0. The van der Waals surface area contributed by atoms with E-state index < -0.39 is 35.6 Å². The van der Waals surface area contributed by atoms with Gasteiger partial charge < -0.3 is 0 Å². The van der Waals surface area contributed by atoms with E-state index >= 15 is 0 Å². The maximum atomic E-state index is 12.8. The molecule has 2 aromatic carbocycles. The van der Waals surface area contributed by atoms with Gasteiger partial charge in [0.05, 0.1) is 9.79 Å². The van der Waals surface area contributed by atoms with Crippen LogP contribution in [-0.2, 0) is 24.5 Å². The van der Waals surface area contributed by atoms with Crippen molar-refractivity contribution < 1.29 is 21.6 Å². The molecule has 0 N–H and O–H groups in total. The van der Waals surface area contributed by atoms with Gasteiger partial charge in [-0.3, -0.25) is 4.79 Å². The molecule has 0 aliphatic heterocycles. The first-order valence-corrected chi connectivity index (χ1v) is 11.4. The van der Waals surface area contributed by atoms with Crippen LogP contribution in [0.25, 0.3) is 0 Å². The summed E-state index contributed by atoms with van der Waals surface area (Å²) >= 11 is 11.5. The monoisotopic (exact) mass is 457 g/mol. The van der Waals surface area contributed by atoms with E-state index in [2.05, 4.69) is 0 Å². The predicted octanol–water partition coefficient (Wildman–Crippen LogP) is 3.61. The van der Waals surface area contributed by atoms with E-state index in [1.807, 2.05) is 0 Å². The second-order valence-electron chi connectivity index (χ2n) is 5.63. The maximum absolute atomic E-state index is 12.8. The standard InChI is InChI=1S/C18H13Cl2NO5S2/c1-12(22)18(28(25,26)16-8-4-14(20)5-9-16)10-17(11-21)27(23,24)15-6-2-13(19)3-7-15/h2-10,18H,1H3/b17-10+. The van der Waals surface area contributed by atoms with Gasteiger partial charge in [-0.2, -0.15) is 5.26 Å². The number of rotatable bonds is 6. The zero-order chi connectivity index (χ0) is 21.1. The number of ketones is 1. The lowest BCUT2D eigenvalue weighted by atomic mass is 10.3. The fourth-order valence-corrected chi connectivity index (χ4v) is 5.34. The van der Waals surface area contributed by atoms with Crippen LogP contribution >= 0.6 is 23.2 Å². The Morgan fingerprint density at radius 1 is 0.929 bits per heavy atom. The molecule has 0 aliphatic rings. The SMILES string of the molecule is CC(=O)C(/C=C(\C#N)S(=O)(=O)c1ccc(Cl)cc1)S(=O)(=O)c1ccc(Cl)cc1. The number of hydrogen-bond acceptors (Lipinski definition) is 6. The molecule has 10 heteroatoms. The summed E-state index contributed by atoms with van der Waals surface area (Å²) < 4.78 is 51.0. The summed E-state index contributed by atoms with van der Waals surface area (Å²) in [6.45, 7) is 0.999. The van der Waals surface area contributed by atoms with Gasteiger partial charge in [0, 0.05) is 10.0 Å². The second kappa shape index (κ2) is 8.45. The van der Waals surface area contributed by atoms with E-state index in [1.54, 1.807) is 0 Å². The van der Waals surface area contributed by atoms with Crippen molar-refractivity contribution >= 4 is 48.7 Å². The van der Waals surface area contributed by atoms with Gasteiger partial charge in [-0.05, 0) is 61.5 Å². The molecular formula is C18H13Cl2NO5S2. The highest BCUT2D eigenvalue weighted by Gasteiger charge is 2.33. The largest absolute Gasteiger partial charge is 0.298 e. The molecule has 0 aliphatic carbocycles. The fourth-order valence-electron chi connectivity index (χ4n) is 2.26. The molecule has 0 amide bonds. The number of allylic oxidation sites excluding steroid dienone is 1. The van der Waals surface area contributed by atoms with Crippen LogP contribution in [0, 0.1) is 11.3 Å². The van der Waals surface area contributed by atoms with Crippen molar-refractivity contribution in [1.82, 2.24) is 0 Å². The topological polar surface area (TPSA) is 109 Å². The molecule has 0 heterocycles. The lowest BCUT2D eigenvalue weighted by Gasteiger charge is -2.12. The normalized spacial score (nSPS) is 13.6. The van der Waals surface area contributed by atoms with Crippen LogP contribution in [0.15, 0.2) is 69.3 Å². The van der Waals surface area contributed by atoms with Crippen LogP contribution in [0.2, 0.25) is 10.0 Å². The van der Waals surface area contributed by atoms with E-state index in [9.17, 15) is 26.9 Å². The molecule has 1 atom stereocenters. The molecule has 0 fully saturated rings. The van der Waals surface area contributed by atoms with Crippen molar-refractivity contribution in [3.05, 3.63) is 69.6 Å². The van der Waals surface area contributed by atoms with Crippen molar-refractivity contribution in [2.24, 2.45) is 0 Å². The molecule has 6 nitrogen and oxygen atoms in total. The maximum Gasteiger partial charge on any atom is 0.216 e. The van der Waals surface area contributed by atoms with Gasteiger partial charge in [0.15, 0.2) is 15.6 Å². The molecule has 0 bridgehead atoms. The molecule has 146 valence electrons. The van der Waals surface area contributed by atoms with Gasteiger partial charge in [-0.25, -0.2) is 16.8 Å². The average Bonchev–Trinajstić information content (AvgIpc) is 2.62. The predicted molar refractivity (Wildman–Crippen MR) is 105 cm³/mol. The van der Waals surface area contributed by atoms with Gasteiger partial charge >= 0.3 is 0 Å². The minimum Gasteiger partial charge on any atom is -0.298 e. The fraction of sp³-hybridized carbons (Fsp3) is 0.111. The molecule has 0 spiro atoms. The summed E-state index contributed by atoms with van der Waals surface area (Å²) in [5, 5.41) is 8.05. The zero-order valence-corrected chi connectivity index (χ0v) is 17.5. The quantitative estimate of drug-likeness (QED) is 0.612. The summed E-state index contributed by atoms with van der Waals surface area (Å²) in [7, 11) is -8.63. The van der Waals surface area contributed by atoms with Crippen LogP contribution < -0.4 is 0 Å². The molecular weight excluding hydrogens is 445 g/mol. The summed E-state index contributed by atoms with van der Waals surface area (Å²) in [5.74, 6) is -0.839. The minimum absolute atomic E-state index is 0.227. The van der Waals surface area contributed by atoms with E-state index in [0.29, 0.717) is 6.08 Å². The van der Waals surface area contributed by atoms with E-state index in [-0.39, 0.29) is 19.8 Å². The highest BCUT2D eigenvalue weighted by Crippen LogP contribution is 2.25. The van der Waals surface area contributed by atoms with Crippen molar-refractivity contribution in [2.45, 2.75) is 22.0 Å². The van der Waals surface area contributed by atoms with Crippen molar-refractivity contribution in [3.63, 3.8) is 0 Å². The number of carbonyl (C=O) groups is 1. The van der Waals surface area contributed by atoms with Crippen molar-refractivity contribution in [3.8, 4) is 6.07 Å². The molecule has 1 unspecified atom stereocenters. The molecule has 0 saturated carbocycles. The molecule has 0 saturated heterocycles. The average molecular weight is 458 g/mol. The highest BCUT2D eigenvalue weighted by atomic mass is 35.5. The zero-order valence-electron chi connectivity index (χ0n) is 14.3.